The van der Waals surface area contributed by atoms with Crippen LogP contribution in [0.3, 0.4) is 0 Å². The first-order valence-corrected chi connectivity index (χ1v) is 6.63. The summed E-state index contributed by atoms with van der Waals surface area (Å²) < 4.78 is 2.16. The molecule has 0 amide bonds. The Morgan fingerprint density at radius 2 is 2.06 bits per heavy atom. The molecule has 4 heteroatoms. The van der Waals surface area contributed by atoms with Gasteiger partial charge in [-0.2, -0.15) is 0 Å². The molecule has 1 aromatic carbocycles. The van der Waals surface area contributed by atoms with E-state index < -0.39 is 0 Å². The van der Waals surface area contributed by atoms with Gasteiger partial charge in [0.25, 0.3) is 0 Å². The molecule has 0 saturated heterocycles. The summed E-state index contributed by atoms with van der Waals surface area (Å²) in [6, 6.07) is 8.58. The fourth-order valence-electron chi connectivity index (χ4n) is 1.98. The molecule has 3 rings (SSSR count). The predicted octanol–water partition coefficient (Wildman–Crippen LogP) is 3.47. The van der Waals surface area contributed by atoms with Crippen molar-refractivity contribution in [1.29, 1.82) is 0 Å². The van der Waals surface area contributed by atoms with Crippen molar-refractivity contribution < 1.29 is 0 Å². The monoisotopic (exact) mass is 261 g/mol. The summed E-state index contributed by atoms with van der Waals surface area (Å²) in [4.78, 5) is 4.53. The van der Waals surface area contributed by atoms with Crippen LogP contribution < -0.4 is 5.32 Å². The van der Waals surface area contributed by atoms with E-state index in [1.165, 1.54) is 18.4 Å². The van der Waals surface area contributed by atoms with Crippen LogP contribution in [-0.4, -0.2) is 15.6 Å². The fourth-order valence-corrected chi connectivity index (χ4v) is 2.11. The Kier molecular flexibility index (Phi) is 3.00. The number of hydrogen-bond donors (Lipinski definition) is 1. The SMILES string of the molecule is Cc1cn(Cc2ccc(Cl)cc2)c(NC2CC2)n1. The van der Waals surface area contributed by atoms with Gasteiger partial charge in [0.05, 0.1) is 12.2 Å². The van der Waals surface area contributed by atoms with E-state index in [1.54, 1.807) is 0 Å². The van der Waals surface area contributed by atoms with Crippen molar-refractivity contribution in [2.45, 2.75) is 32.4 Å². The lowest BCUT2D eigenvalue weighted by atomic mass is 10.2. The Bertz CT molecular complexity index is 541. The van der Waals surface area contributed by atoms with Crippen molar-refractivity contribution in [3.05, 3.63) is 46.7 Å². The molecule has 0 atom stereocenters. The Morgan fingerprint density at radius 1 is 1.33 bits per heavy atom. The Morgan fingerprint density at radius 3 is 2.72 bits per heavy atom. The van der Waals surface area contributed by atoms with Gasteiger partial charge in [0, 0.05) is 17.3 Å². The van der Waals surface area contributed by atoms with E-state index in [0.717, 1.165) is 23.2 Å². The van der Waals surface area contributed by atoms with Crippen LogP contribution in [0.2, 0.25) is 5.02 Å². The number of imidazole rings is 1. The summed E-state index contributed by atoms with van der Waals surface area (Å²) >= 11 is 5.90. The van der Waals surface area contributed by atoms with Crippen LogP contribution in [0, 0.1) is 6.92 Å². The van der Waals surface area contributed by atoms with Gasteiger partial charge in [-0.25, -0.2) is 4.98 Å². The predicted molar refractivity (Wildman–Crippen MR) is 74.2 cm³/mol. The second-order valence-electron chi connectivity index (χ2n) is 4.88. The molecule has 94 valence electrons. The molecule has 0 radical (unpaired) electrons. The van der Waals surface area contributed by atoms with Gasteiger partial charge >= 0.3 is 0 Å². The van der Waals surface area contributed by atoms with Crippen molar-refractivity contribution in [2.75, 3.05) is 5.32 Å². The molecule has 0 bridgehead atoms. The first-order chi connectivity index (χ1) is 8.70. The van der Waals surface area contributed by atoms with Crippen LogP contribution in [0.4, 0.5) is 5.95 Å². The zero-order valence-corrected chi connectivity index (χ0v) is 11.1. The van der Waals surface area contributed by atoms with Gasteiger partial charge in [-0.3, -0.25) is 0 Å². The number of anilines is 1. The largest absolute Gasteiger partial charge is 0.353 e. The van der Waals surface area contributed by atoms with Crippen molar-refractivity contribution in [3.63, 3.8) is 0 Å². The molecule has 1 aliphatic carbocycles. The summed E-state index contributed by atoms with van der Waals surface area (Å²) in [5.41, 5.74) is 2.28. The molecule has 3 nitrogen and oxygen atoms in total. The summed E-state index contributed by atoms with van der Waals surface area (Å²) in [5, 5.41) is 4.24. The molecule has 1 aromatic heterocycles. The first kappa shape index (κ1) is 11.6. The zero-order chi connectivity index (χ0) is 12.5. The molecule has 1 saturated carbocycles. The van der Waals surface area contributed by atoms with Crippen molar-refractivity contribution in [2.24, 2.45) is 0 Å². The lowest BCUT2D eigenvalue weighted by Crippen LogP contribution is -2.09. The van der Waals surface area contributed by atoms with E-state index in [1.807, 2.05) is 19.1 Å². The van der Waals surface area contributed by atoms with Gasteiger partial charge in [-0.05, 0) is 37.5 Å². The second kappa shape index (κ2) is 4.65. The standard InChI is InChI=1S/C14H16ClN3/c1-10-8-18(14(16-10)17-13-6-7-13)9-11-2-4-12(15)5-3-11/h2-5,8,13H,6-7,9H2,1H3,(H,16,17). The molecule has 0 unspecified atom stereocenters. The maximum absolute atomic E-state index is 5.90. The minimum absolute atomic E-state index is 0.621. The summed E-state index contributed by atoms with van der Waals surface area (Å²) in [5.74, 6) is 0.977. The molecule has 1 aliphatic rings. The van der Waals surface area contributed by atoms with Crippen molar-refractivity contribution in [1.82, 2.24) is 9.55 Å². The van der Waals surface area contributed by atoms with Gasteiger partial charge in [0.15, 0.2) is 0 Å². The van der Waals surface area contributed by atoms with E-state index in [4.69, 9.17) is 11.6 Å². The van der Waals surface area contributed by atoms with E-state index in [0.29, 0.717) is 6.04 Å². The van der Waals surface area contributed by atoms with E-state index in [9.17, 15) is 0 Å². The summed E-state index contributed by atoms with van der Waals surface area (Å²) in [6.45, 7) is 2.85. The number of nitrogens with one attached hydrogen (secondary N) is 1. The molecular weight excluding hydrogens is 246 g/mol. The van der Waals surface area contributed by atoms with E-state index in [2.05, 4.69) is 33.2 Å². The van der Waals surface area contributed by atoms with E-state index in [-0.39, 0.29) is 0 Å². The highest BCUT2D eigenvalue weighted by Crippen LogP contribution is 2.24. The lowest BCUT2D eigenvalue weighted by Gasteiger charge is -2.09. The minimum atomic E-state index is 0.621. The van der Waals surface area contributed by atoms with Crippen molar-refractivity contribution in [3.8, 4) is 0 Å². The average molecular weight is 262 g/mol. The van der Waals surface area contributed by atoms with Gasteiger partial charge in [0.1, 0.15) is 0 Å². The van der Waals surface area contributed by atoms with Gasteiger partial charge in [0.2, 0.25) is 5.95 Å². The minimum Gasteiger partial charge on any atom is -0.353 e. The number of aryl methyl sites for hydroxylation is 1. The molecule has 1 fully saturated rings. The Balaban J connectivity index is 1.80. The lowest BCUT2D eigenvalue weighted by molar-refractivity contribution is 0.796. The first-order valence-electron chi connectivity index (χ1n) is 6.25. The molecule has 2 aromatic rings. The average Bonchev–Trinajstić information content (AvgIpc) is 3.08. The topological polar surface area (TPSA) is 29.9 Å². The van der Waals surface area contributed by atoms with Crippen molar-refractivity contribution >= 4 is 17.5 Å². The molecular formula is C14H16ClN3. The van der Waals surface area contributed by atoms with Crippen LogP contribution in [0.15, 0.2) is 30.5 Å². The van der Waals surface area contributed by atoms with Gasteiger partial charge in [-0.15, -0.1) is 0 Å². The normalized spacial score (nSPS) is 14.8. The molecule has 0 spiro atoms. The Labute approximate surface area is 112 Å². The third-order valence-corrected chi connectivity index (χ3v) is 3.33. The maximum Gasteiger partial charge on any atom is 0.203 e. The summed E-state index contributed by atoms with van der Waals surface area (Å²) in [6.07, 6.45) is 4.60. The molecule has 18 heavy (non-hydrogen) atoms. The van der Waals surface area contributed by atoms with Crippen LogP contribution in [0.25, 0.3) is 0 Å². The number of benzene rings is 1. The smallest absolute Gasteiger partial charge is 0.203 e. The molecule has 1 N–H and O–H groups in total. The number of aromatic nitrogens is 2. The van der Waals surface area contributed by atoms with Crippen LogP contribution in [0.1, 0.15) is 24.1 Å². The third kappa shape index (κ3) is 2.67. The van der Waals surface area contributed by atoms with Gasteiger partial charge < -0.3 is 9.88 Å². The molecule has 1 heterocycles. The van der Waals surface area contributed by atoms with Crippen LogP contribution >= 0.6 is 11.6 Å². The highest BCUT2D eigenvalue weighted by Gasteiger charge is 2.22. The third-order valence-electron chi connectivity index (χ3n) is 3.07. The summed E-state index contributed by atoms with van der Waals surface area (Å²) in [7, 11) is 0. The molecule has 0 aliphatic heterocycles. The fraction of sp³-hybridized carbons (Fsp3) is 0.357. The number of nitrogens with zero attached hydrogens (tertiary/aromatic N) is 2. The quantitative estimate of drug-likeness (QED) is 0.913. The number of halogens is 1. The maximum atomic E-state index is 5.90. The Hall–Kier alpha value is -1.48. The van der Waals surface area contributed by atoms with E-state index >= 15 is 0 Å². The van der Waals surface area contributed by atoms with Crippen LogP contribution in [-0.2, 0) is 6.54 Å². The highest BCUT2D eigenvalue weighted by molar-refractivity contribution is 6.30. The van der Waals surface area contributed by atoms with Gasteiger partial charge in [-0.1, -0.05) is 23.7 Å². The number of rotatable bonds is 4. The zero-order valence-electron chi connectivity index (χ0n) is 10.4. The number of hydrogen-bond acceptors (Lipinski definition) is 2. The second-order valence-corrected chi connectivity index (χ2v) is 5.32. The highest BCUT2D eigenvalue weighted by atomic mass is 35.5. The van der Waals surface area contributed by atoms with Crippen LogP contribution in [0.5, 0.6) is 0 Å².